The van der Waals surface area contributed by atoms with Crippen molar-refractivity contribution in [3.63, 3.8) is 0 Å². The molecule has 124 valence electrons. The lowest BCUT2D eigenvalue weighted by atomic mass is 9.61. The van der Waals surface area contributed by atoms with Gasteiger partial charge in [0.1, 0.15) is 0 Å². The molecule has 0 saturated carbocycles. The molecule has 1 aromatic carbocycles. The number of fused-ring (bicyclic) bond motifs is 4. The molecule has 0 radical (unpaired) electrons. The highest BCUT2D eigenvalue weighted by Crippen LogP contribution is 2.69. The fourth-order valence-electron chi connectivity index (χ4n) is 5.15. The van der Waals surface area contributed by atoms with Crippen LogP contribution in [0.2, 0.25) is 0 Å². The smallest absolute Gasteiger partial charge is 0.231 e. The summed E-state index contributed by atoms with van der Waals surface area (Å²) in [5.41, 5.74) is 4.47. The summed E-state index contributed by atoms with van der Waals surface area (Å²) in [6.45, 7) is 7.64. The van der Waals surface area contributed by atoms with Gasteiger partial charge in [-0.2, -0.15) is 0 Å². The van der Waals surface area contributed by atoms with Crippen molar-refractivity contribution in [1.82, 2.24) is 0 Å². The van der Waals surface area contributed by atoms with E-state index in [1.54, 1.807) is 0 Å². The van der Waals surface area contributed by atoms with E-state index in [9.17, 15) is 5.11 Å². The second-order valence-electron chi connectivity index (χ2n) is 7.41. The Morgan fingerprint density at radius 2 is 2.00 bits per heavy atom. The maximum absolute atomic E-state index is 9.48. The van der Waals surface area contributed by atoms with Crippen LogP contribution in [0.25, 0.3) is 0 Å². The first-order valence-electron chi connectivity index (χ1n) is 8.36. The van der Waals surface area contributed by atoms with Gasteiger partial charge in [0.2, 0.25) is 6.79 Å². The predicted molar refractivity (Wildman–Crippen MR) is 98.3 cm³/mol. The van der Waals surface area contributed by atoms with Gasteiger partial charge in [0.15, 0.2) is 11.5 Å². The molecule has 3 aliphatic rings. The Labute approximate surface area is 151 Å². The summed E-state index contributed by atoms with van der Waals surface area (Å²) in [6.07, 6.45) is 2.89. The third-order valence-electron chi connectivity index (χ3n) is 6.63. The summed E-state index contributed by atoms with van der Waals surface area (Å²) < 4.78 is 12.7. The molecule has 0 unspecified atom stereocenters. The topological polar surface area (TPSA) is 38.7 Å². The van der Waals surface area contributed by atoms with Crippen molar-refractivity contribution in [3.8, 4) is 11.5 Å². The molecular weight excluding hydrogens is 403 g/mol. The maximum atomic E-state index is 9.48. The van der Waals surface area contributed by atoms with E-state index < -0.39 is 0 Å². The Hall–Kier alpha value is -0.750. The molecule has 0 amide bonds. The average Bonchev–Trinajstić information content (AvgIpc) is 3.12. The SMILES string of the molecule is CC1=C(I)[C@@]2(CCCO)c3cc4c(cc3C[C@@]2(C)[C@@H]1C)OCO4. The molecular formula is C19H23IO3. The van der Waals surface area contributed by atoms with Gasteiger partial charge in [0, 0.05) is 15.6 Å². The minimum Gasteiger partial charge on any atom is -0.454 e. The second kappa shape index (κ2) is 5.12. The largest absolute Gasteiger partial charge is 0.454 e. The molecule has 1 aromatic rings. The van der Waals surface area contributed by atoms with E-state index in [0.717, 1.165) is 30.8 Å². The molecule has 0 saturated heterocycles. The summed E-state index contributed by atoms with van der Waals surface area (Å²) in [6, 6.07) is 4.40. The summed E-state index contributed by atoms with van der Waals surface area (Å²) in [7, 11) is 0. The van der Waals surface area contributed by atoms with Gasteiger partial charge in [-0.25, -0.2) is 0 Å². The van der Waals surface area contributed by atoms with Crippen molar-refractivity contribution >= 4 is 22.6 Å². The number of aliphatic hydroxyl groups excluding tert-OH is 1. The van der Waals surface area contributed by atoms with Gasteiger partial charge in [0.25, 0.3) is 0 Å². The molecule has 4 rings (SSSR count). The number of aliphatic hydroxyl groups is 1. The van der Waals surface area contributed by atoms with Crippen molar-refractivity contribution in [2.24, 2.45) is 11.3 Å². The van der Waals surface area contributed by atoms with Crippen LogP contribution in [0.4, 0.5) is 0 Å². The highest BCUT2D eigenvalue weighted by Gasteiger charge is 2.63. The van der Waals surface area contributed by atoms with Crippen LogP contribution >= 0.6 is 22.6 Å². The molecule has 0 spiro atoms. The minimum absolute atomic E-state index is 0.0100. The van der Waals surface area contributed by atoms with Crippen LogP contribution in [-0.2, 0) is 11.8 Å². The van der Waals surface area contributed by atoms with Crippen LogP contribution in [0.15, 0.2) is 21.3 Å². The first kappa shape index (κ1) is 15.8. The van der Waals surface area contributed by atoms with Crippen LogP contribution in [0.5, 0.6) is 11.5 Å². The molecule has 3 atom stereocenters. The predicted octanol–water partition coefficient (Wildman–Crippen LogP) is 4.35. The van der Waals surface area contributed by atoms with E-state index in [0.29, 0.717) is 12.7 Å². The number of hydrogen-bond donors (Lipinski definition) is 1. The number of benzene rings is 1. The number of rotatable bonds is 3. The van der Waals surface area contributed by atoms with Gasteiger partial charge in [-0.15, -0.1) is 0 Å². The molecule has 1 N–H and O–H groups in total. The highest BCUT2D eigenvalue weighted by molar-refractivity contribution is 14.1. The Morgan fingerprint density at radius 3 is 2.70 bits per heavy atom. The van der Waals surface area contributed by atoms with E-state index in [4.69, 9.17) is 9.47 Å². The Kier molecular flexibility index (Phi) is 3.51. The average molecular weight is 426 g/mol. The summed E-state index contributed by atoms with van der Waals surface area (Å²) in [5.74, 6) is 2.29. The van der Waals surface area contributed by atoms with E-state index in [-0.39, 0.29) is 17.4 Å². The fourth-order valence-corrected chi connectivity index (χ4v) is 6.80. The van der Waals surface area contributed by atoms with Crippen LogP contribution in [0.1, 0.15) is 44.7 Å². The standard InChI is InChI=1S/C19H23IO3/c1-11-12(2)18(3)9-13-7-15-16(23-10-22-15)8-14(13)19(18,17(11)20)5-4-6-21/h7-8,12,21H,4-6,9-10H2,1-3H3/t12-,18+,19-/m1/s1. The third-order valence-corrected chi connectivity index (χ3v) is 8.40. The first-order valence-corrected chi connectivity index (χ1v) is 9.44. The number of allylic oxidation sites excluding steroid dienone is 2. The molecule has 23 heavy (non-hydrogen) atoms. The van der Waals surface area contributed by atoms with Crippen LogP contribution < -0.4 is 9.47 Å². The molecule has 3 nitrogen and oxygen atoms in total. The van der Waals surface area contributed by atoms with Crippen molar-refractivity contribution in [2.45, 2.75) is 45.4 Å². The van der Waals surface area contributed by atoms with Gasteiger partial charge < -0.3 is 14.6 Å². The zero-order valence-electron chi connectivity index (χ0n) is 13.9. The molecule has 0 bridgehead atoms. The molecule has 0 fully saturated rings. The molecule has 0 aromatic heterocycles. The maximum Gasteiger partial charge on any atom is 0.231 e. The second-order valence-corrected chi connectivity index (χ2v) is 8.49. The number of ether oxygens (including phenoxy) is 2. The summed E-state index contributed by atoms with van der Waals surface area (Å²) in [4.78, 5) is 0. The zero-order valence-corrected chi connectivity index (χ0v) is 16.1. The summed E-state index contributed by atoms with van der Waals surface area (Å²) >= 11 is 2.56. The fraction of sp³-hybridized carbons (Fsp3) is 0.579. The molecule has 2 aliphatic carbocycles. The lowest BCUT2D eigenvalue weighted by molar-refractivity contribution is 0.145. The van der Waals surface area contributed by atoms with Crippen molar-refractivity contribution < 1.29 is 14.6 Å². The molecule has 4 heteroatoms. The zero-order chi connectivity index (χ0) is 16.4. The summed E-state index contributed by atoms with van der Waals surface area (Å²) in [5, 5.41) is 9.48. The third kappa shape index (κ3) is 1.79. The number of halogens is 1. The Bertz CT molecular complexity index is 711. The normalized spacial score (nSPS) is 34.0. The van der Waals surface area contributed by atoms with Crippen molar-refractivity contribution in [3.05, 3.63) is 32.4 Å². The quantitative estimate of drug-likeness (QED) is 0.731. The Morgan fingerprint density at radius 1 is 1.30 bits per heavy atom. The highest BCUT2D eigenvalue weighted by atomic mass is 127. The van der Waals surface area contributed by atoms with Gasteiger partial charge in [-0.1, -0.05) is 19.4 Å². The van der Waals surface area contributed by atoms with Gasteiger partial charge >= 0.3 is 0 Å². The minimum atomic E-state index is 0.0100. The van der Waals surface area contributed by atoms with Gasteiger partial charge in [0.05, 0.1) is 0 Å². The van der Waals surface area contributed by atoms with Gasteiger partial charge in [-0.3, -0.25) is 0 Å². The number of hydrogen-bond acceptors (Lipinski definition) is 3. The lowest BCUT2D eigenvalue weighted by Crippen LogP contribution is -2.41. The van der Waals surface area contributed by atoms with Gasteiger partial charge in [-0.05, 0) is 83.4 Å². The molecule has 1 aliphatic heterocycles. The van der Waals surface area contributed by atoms with E-state index in [2.05, 4.69) is 55.5 Å². The molecule has 1 heterocycles. The van der Waals surface area contributed by atoms with Crippen LogP contribution in [0.3, 0.4) is 0 Å². The van der Waals surface area contributed by atoms with Crippen LogP contribution in [0, 0.1) is 11.3 Å². The van der Waals surface area contributed by atoms with Crippen LogP contribution in [-0.4, -0.2) is 18.5 Å². The van der Waals surface area contributed by atoms with E-state index >= 15 is 0 Å². The van der Waals surface area contributed by atoms with E-state index in [1.165, 1.54) is 20.3 Å². The lowest BCUT2D eigenvalue weighted by Gasteiger charge is -2.43. The Balaban J connectivity index is 1.95. The monoisotopic (exact) mass is 426 g/mol. The van der Waals surface area contributed by atoms with E-state index in [1.807, 2.05) is 0 Å². The first-order chi connectivity index (χ1) is 11.0. The van der Waals surface area contributed by atoms with Crippen molar-refractivity contribution in [2.75, 3.05) is 13.4 Å². The van der Waals surface area contributed by atoms with Crippen molar-refractivity contribution in [1.29, 1.82) is 0 Å².